The molecule has 2 amide bonds. The Morgan fingerprint density at radius 1 is 0.547 bits per heavy atom. The predicted molar refractivity (Wildman–Crippen MR) is 231 cm³/mol. The molecule has 18 rings (SSSR count). The largest absolute Gasteiger partial charge is 0.394 e. The van der Waals surface area contributed by atoms with Gasteiger partial charge in [-0.15, -0.1) is 0 Å². The van der Waals surface area contributed by atoms with Crippen molar-refractivity contribution in [2.75, 3.05) is 79.4 Å². The number of imide groups is 1. The molecule has 0 saturated carbocycles. The van der Waals surface area contributed by atoms with Gasteiger partial charge in [-0.25, -0.2) is 10.4 Å². The van der Waals surface area contributed by atoms with E-state index in [1.54, 1.807) is 4.90 Å². The molecule has 18 aliphatic heterocycles. The van der Waals surface area contributed by atoms with Crippen LogP contribution in [0.4, 0.5) is 0 Å². The molecule has 432 valence electrons. The Hall–Kier alpha value is -2.06. The molecule has 75 heavy (non-hydrogen) atoms. The number of hydrazine groups is 1. The smallest absolute Gasteiger partial charge is 0.274 e. The maximum absolute atomic E-state index is 13.0. The third kappa shape index (κ3) is 12.3. The first-order valence-electron chi connectivity index (χ1n) is 24.5. The van der Waals surface area contributed by atoms with E-state index in [1.807, 2.05) is 4.90 Å². The van der Waals surface area contributed by atoms with E-state index in [2.05, 4.69) is 5.43 Å². The molecule has 16 N–H and O–H groups in total. The van der Waals surface area contributed by atoms with Gasteiger partial charge in [-0.1, -0.05) is 0 Å². The van der Waals surface area contributed by atoms with Gasteiger partial charge in [-0.05, 0) is 0 Å². The van der Waals surface area contributed by atoms with Crippen LogP contribution in [0.3, 0.4) is 0 Å². The second kappa shape index (κ2) is 25.2. The minimum absolute atomic E-state index is 0.0695. The number of rotatable bonds is 11. The molecule has 18 saturated heterocycles. The molecule has 18 aliphatic rings. The Balaban J connectivity index is 1.10. The molecule has 0 aliphatic carbocycles. The quantitative estimate of drug-likeness (QED) is 0.0675. The Morgan fingerprint density at radius 3 is 1.41 bits per heavy atom. The van der Waals surface area contributed by atoms with E-state index in [1.165, 1.54) is 7.05 Å². The highest BCUT2D eigenvalue weighted by Crippen LogP contribution is 2.38. The van der Waals surface area contributed by atoms with Crippen molar-refractivity contribution >= 4 is 11.8 Å². The molecule has 25 unspecified atom stereocenters. The van der Waals surface area contributed by atoms with Crippen LogP contribution in [0.25, 0.3) is 0 Å². The first kappa shape index (κ1) is 59.1. The average Bonchev–Trinajstić information content (AvgIpc) is 3.69. The first-order valence-corrected chi connectivity index (χ1v) is 24.5. The van der Waals surface area contributed by atoms with Gasteiger partial charge in [0, 0.05) is 46.2 Å². The van der Waals surface area contributed by atoms with E-state index in [9.17, 15) is 86.2 Å². The van der Waals surface area contributed by atoms with Crippen LogP contribution in [0.5, 0.6) is 0 Å². The number of carbonyl (C=O) groups is 2. The fourth-order valence-electron chi connectivity index (χ4n) is 10.4. The van der Waals surface area contributed by atoms with E-state index in [0.29, 0.717) is 0 Å². The molecule has 0 aromatic heterocycles. The number of amides is 2. The number of aliphatic hydroxyl groups is 15. The van der Waals surface area contributed by atoms with Crippen molar-refractivity contribution in [2.45, 2.75) is 172 Å². The van der Waals surface area contributed by atoms with Crippen LogP contribution in [0.15, 0.2) is 0 Å². The highest BCUT2D eigenvalue weighted by Gasteiger charge is 2.58. The van der Waals surface area contributed by atoms with Crippen LogP contribution in [-0.4, -0.2) is 342 Å². The zero-order chi connectivity index (χ0) is 54.2. The topological polar surface area (TPSA) is 470 Å². The van der Waals surface area contributed by atoms with Gasteiger partial charge in [0.2, 0.25) is 18.0 Å². The summed E-state index contributed by atoms with van der Waals surface area (Å²) in [7, 11) is 1.44. The van der Waals surface area contributed by atoms with E-state index in [4.69, 9.17) is 56.8 Å². The van der Waals surface area contributed by atoms with Gasteiger partial charge in [0.1, 0.15) is 110 Å². The molecule has 10 bridgehead atoms. The lowest BCUT2D eigenvalue weighted by atomic mass is 9.95. The lowest BCUT2D eigenvalue weighted by molar-refractivity contribution is -0.449. The molecule has 0 radical (unpaired) electrons. The molecule has 33 nitrogen and oxygen atoms in total. The van der Waals surface area contributed by atoms with Crippen LogP contribution >= 0.6 is 0 Å². The van der Waals surface area contributed by atoms with E-state index >= 15 is 0 Å². The highest BCUT2D eigenvalue weighted by molar-refractivity contribution is 6.05. The average molecular weight is 1100 g/mol. The minimum Gasteiger partial charge on any atom is -0.394 e. The summed E-state index contributed by atoms with van der Waals surface area (Å²) in [5, 5.41) is 167. The van der Waals surface area contributed by atoms with Gasteiger partial charge >= 0.3 is 0 Å². The number of nitrogens with zero attached hydrogens (tertiary/aromatic N) is 3. The lowest BCUT2D eigenvalue weighted by Crippen LogP contribution is -2.68. The number of nitrogens with one attached hydrogen (secondary N) is 1. The SMILES string of the molecule is CNN1C(=O)CC(N2CCN(CC3OC4OC5C(CO)OC(OC6C(CO)OC(OC7C(CO)OC(OC8CC(O)(O)C(OC(OCCO)OC3C(O)C4O)OC8CO)C(O)C7O)C(O)C6O)C(O)C5O)CC2)C1=O. The van der Waals surface area contributed by atoms with Crippen molar-refractivity contribution in [3.63, 3.8) is 0 Å². The van der Waals surface area contributed by atoms with Crippen molar-refractivity contribution < 1.29 is 143 Å². The maximum atomic E-state index is 13.0. The number of carbonyl (C=O) groups excluding carboxylic acids is 2. The van der Waals surface area contributed by atoms with Crippen LogP contribution in [0.2, 0.25) is 0 Å². The summed E-state index contributed by atoms with van der Waals surface area (Å²) in [4.78, 5) is 29.1. The number of hydrogen-bond acceptors (Lipinski definition) is 32. The summed E-state index contributed by atoms with van der Waals surface area (Å²) in [5.41, 5.74) is 2.57. The van der Waals surface area contributed by atoms with Crippen molar-refractivity contribution in [2.24, 2.45) is 0 Å². The lowest BCUT2D eigenvalue weighted by Gasteiger charge is -2.49. The number of aliphatic hydroxyl groups excluding tert-OH is 13. The van der Waals surface area contributed by atoms with Crippen molar-refractivity contribution in [3.05, 3.63) is 0 Å². The Morgan fingerprint density at radius 2 is 0.987 bits per heavy atom. The molecule has 0 aromatic carbocycles. The molecule has 33 heteroatoms. The Bertz CT molecular complexity index is 1860. The van der Waals surface area contributed by atoms with Gasteiger partial charge in [0.05, 0.1) is 52.2 Å². The summed E-state index contributed by atoms with van der Waals surface area (Å²) >= 11 is 0. The highest BCUT2D eigenvalue weighted by atomic mass is 16.9. The number of piperazine rings is 1. The molecular formula is C42H70N4O29. The summed E-state index contributed by atoms with van der Waals surface area (Å²) in [5.74, 6) is -3.97. The molecule has 0 spiro atoms. The van der Waals surface area contributed by atoms with Crippen molar-refractivity contribution in [3.8, 4) is 0 Å². The molecule has 0 aromatic rings. The van der Waals surface area contributed by atoms with Crippen LogP contribution in [0, 0.1) is 0 Å². The summed E-state index contributed by atoms with van der Waals surface area (Å²) in [6.45, 7) is -6.51. The number of hydrogen-bond donors (Lipinski definition) is 16. The summed E-state index contributed by atoms with van der Waals surface area (Å²) < 4.78 is 69.9. The molecule has 25 atom stereocenters. The zero-order valence-electron chi connectivity index (χ0n) is 40.4. The monoisotopic (exact) mass is 1090 g/mol. The Kier molecular flexibility index (Phi) is 19.8. The second-order valence-electron chi connectivity index (χ2n) is 19.4. The zero-order valence-corrected chi connectivity index (χ0v) is 40.4. The fraction of sp³-hybridized carbons (Fsp3) is 0.952. The fourth-order valence-corrected chi connectivity index (χ4v) is 10.4. The van der Waals surface area contributed by atoms with E-state index < -0.39 is 218 Å². The molecule has 18 heterocycles. The van der Waals surface area contributed by atoms with Gasteiger partial charge in [0.25, 0.3) is 12.4 Å². The van der Waals surface area contributed by atoms with Crippen LogP contribution in [0.1, 0.15) is 12.8 Å². The summed E-state index contributed by atoms with van der Waals surface area (Å²) in [6.07, 6.45) is -44.6. The molecule has 18 fully saturated rings. The van der Waals surface area contributed by atoms with Crippen LogP contribution < -0.4 is 5.43 Å². The number of ether oxygens (including phenoxy) is 12. The maximum Gasteiger partial charge on any atom is 0.274 e. The van der Waals surface area contributed by atoms with E-state index in [-0.39, 0.29) is 39.1 Å². The first-order chi connectivity index (χ1) is 35.8. The van der Waals surface area contributed by atoms with Crippen LogP contribution in [-0.2, 0) is 66.4 Å². The third-order valence-corrected chi connectivity index (χ3v) is 14.5. The summed E-state index contributed by atoms with van der Waals surface area (Å²) in [6, 6.07) is -0.753. The standard InChI is InChI=1S/C42H70N4O29/c1-43-46-22(52)8-15(35(46)61)45-4-2-44(3-5-45)10-17-31-23(53)28(58)37(66-17)71-33-20(13-50)68-39(29(59)25(33)55)73-34-21(14-51)69-38(30(60)26(34)56)72-32-19(12-49)67-36(27(57)24(32)54)65-16-9-42(62,63)40(70-18(16)11-48)75-41(74-31)64-7-6-47/h15-21,23-34,36-41,43,47-51,53-60,62-63H,2-14H2,1H3. The second-order valence-corrected chi connectivity index (χ2v) is 19.4. The van der Waals surface area contributed by atoms with Gasteiger partial charge in [-0.2, -0.15) is 0 Å². The van der Waals surface area contributed by atoms with E-state index in [0.717, 1.165) is 5.01 Å². The van der Waals surface area contributed by atoms with Gasteiger partial charge < -0.3 is 129 Å². The molecular weight excluding hydrogens is 1020 g/mol. The minimum atomic E-state index is -3.12. The third-order valence-electron chi connectivity index (χ3n) is 14.5. The predicted octanol–water partition coefficient (Wildman–Crippen LogP) is -12.3. The van der Waals surface area contributed by atoms with Crippen molar-refractivity contribution in [1.29, 1.82) is 0 Å². The normalized spacial score (nSPS) is 47.7. The van der Waals surface area contributed by atoms with Gasteiger partial charge in [-0.3, -0.25) is 24.1 Å². The van der Waals surface area contributed by atoms with Crippen molar-refractivity contribution in [1.82, 2.24) is 20.2 Å². The Labute approximate surface area is 426 Å². The van der Waals surface area contributed by atoms with Gasteiger partial charge in [0.15, 0.2) is 25.2 Å².